The first-order chi connectivity index (χ1) is 13.1. The Bertz CT molecular complexity index is 1000. The van der Waals surface area contributed by atoms with E-state index in [1.54, 1.807) is 31.2 Å². The van der Waals surface area contributed by atoms with Gasteiger partial charge in [0.1, 0.15) is 6.54 Å². The molecule has 1 saturated heterocycles. The lowest BCUT2D eigenvalue weighted by Gasteiger charge is -2.21. The number of amides is 4. The van der Waals surface area contributed by atoms with Gasteiger partial charge in [0.2, 0.25) is 11.7 Å². The maximum atomic E-state index is 12.7. The lowest BCUT2D eigenvalue weighted by atomic mass is 10.1. The normalized spacial score (nSPS) is 15.7. The van der Waals surface area contributed by atoms with Crippen LogP contribution in [-0.2, 0) is 16.1 Å². The van der Waals surface area contributed by atoms with E-state index in [1.165, 1.54) is 11.3 Å². The van der Waals surface area contributed by atoms with Gasteiger partial charge in [0.05, 0.1) is 10.9 Å². The van der Waals surface area contributed by atoms with E-state index < -0.39 is 23.9 Å². The molecule has 0 N–H and O–H groups in total. The third kappa shape index (κ3) is 3.02. The molecule has 4 rings (SSSR count). The van der Waals surface area contributed by atoms with Gasteiger partial charge in [-0.25, -0.2) is 14.6 Å². The number of imide groups is 2. The number of aromatic nitrogens is 2. The second kappa shape index (κ2) is 6.76. The van der Waals surface area contributed by atoms with Crippen molar-refractivity contribution in [2.45, 2.75) is 19.5 Å². The lowest BCUT2D eigenvalue weighted by Crippen LogP contribution is -2.35. The zero-order valence-corrected chi connectivity index (χ0v) is 15.0. The molecule has 27 heavy (non-hydrogen) atoms. The molecular weight excluding hydrogens is 368 g/mol. The topological polar surface area (TPSA) is 96.6 Å². The minimum atomic E-state index is -0.904. The van der Waals surface area contributed by atoms with Crippen LogP contribution in [-0.4, -0.2) is 37.8 Å². The minimum absolute atomic E-state index is 0.0853. The Morgan fingerprint density at radius 3 is 2.56 bits per heavy atom. The molecule has 2 aromatic heterocycles. The number of rotatable bonds is 5. The number of hydrogen-bond acceptors (Lipinski definition) is 7. The average molecular weight is 382 g/mol. The van der Waals surface area contributed by atoms with E-state index in [0.29, 0.717) is 5.82 Å². The molecule has 0 spiro atoms. The summed E-state index contributed by atoms with van der Waals surface area (Å²) in [6, 6.07) is 11.5. The van der Waals surface area contributed by atoms with Crippen molar-refractivity contribution in [1.82, 2.24) is 19.9 Å². The molecule has 4 amide bonds. The van der Waals surface area contributed by atoms with E-state index in [-0.39, 0.29) is 12.4 Å². The Morgan fingerprint density at radius 2 is 1.85 bits per heavy atom. The van der Waals surface area contributed by atoms with E-state index in [0.717, 1.165) is 20.2 Å². The van der Waals surface area contributed by atoms with Crippen molar-refractivity contribution in [3.8, 4) is 10.7 Å². The van der Waals surface area contributed by atoms with Crippen molar-refractivity contribution in [3.63, 3.8) is 0 Å². The number of thiophene rings is 1. The van der Waals surface area contributed by atoms with Crippen molar-refractivity contribution in [3.05, 3.63) is 59.3 Å². The highest BCUT2D eigenvalue weighted by atomic mass is 32.1. The smallest absolute Gasteiger partial charge is 0.335 e. The van der Waals surface area contributed by atoms with Gasteiger partial charge in [-0.2, -0.15) is 4.98 Å². The van der Waals surface area contributed by atoms with Crippen LogP contribution in [0.5, 0.6) is 0 Å². The van der Waals surface area contributed by atoms with Crippen molar-refractivity contribution in [2.75, 3.05) is 0 Å². The first-order valence-corrected chi connectivity index (χ1v) is 9.04. The van der Waals surface area contributed by atoms with Gasteiger partial charge >= 0.3 is 17.8 Å². The second-order valence-corrected chi connectivity index (χ2v) is 6.87. The van der Waals surface area contributed by atoms with Crippen LogP contribution in [0.25, 0.3) is 10.7 Å². The largest absolute Gasteiger partial charge is 0.337 e. The zero-order chi connectivity index (χ0) is 19.0. The first-order valence-electron chi connectivity index (χ1n) is 8.16. The van der Waals surface area contributed by atoms with Crippen molar-refractivity contribution in [2.24, 2.45) is 0 Å². The minimum Gasteiger partial charge on any atom is -0.337 e. The third-order valence-corrected chi connectivity index (χ3v) is 5.12. The number of carbonyl (C=O) groups is 3. The molecule has 0 saturated carbocycles. The van der Waals surface area contributed by atoms with E-state index in [9.17, 15) is 14.4 Å². The van der Waals surface area contributed by atoms with Crippen LogP contribution in [0.2, 0.25) is 0 Å². The fourth-order valence-corrected chi connectivity index (χ4v) is 3.49. The summed E-state index contributed by atoms with van der Waals surface area (Å²) in [5.41, 5.74) is 0.756. The first kappa shape index (κ1) is 17.1. The standard InChI is InChI=1S/C18H14N4O4S/c1-11(12-6-3-2-4-7-12)22-17(24)16(23)21(18(22)25)10-14-19-15(20-26-14)13-8-5-9-27-13/h2-9,11H,10H2,1H3. The van der Waals surface area contributed by atoms with E-state index >= 15 is 0 Å². The van der Waals surface area contributed by atoms with Crippen molar-refractivity contribution >= 4 is 29.2 Å². The van der Waals surface area contributed by atoms with Gasteiger partial charge in [0.25, 0.3) is 0 Å². The molecule has 136 valence electrons. The Kier molecular flexibility index (Phi) is 4.28. The predicted octanol–water partition coefficient (Wildman–Crippen LogP) is 2.85. The molecule has 1 fully saturated rings. The monoisotopic (exact) mass is 382 g/mol. The molecule has 3 heterocycles. The summed E-state index contributed by atoms with van der Waals surface area (Å²) >= 11 is 1.44. The fourth-order valence-electron chi connectivity index (χ4n) is 2.84. The highest BCUT2D eigenvalue weighted by molar-refractivity contribution is 7.13. The van der Waals surface area contributed by atoms with Gasteiger partial charge < -0.3 is 4.52 Å². The Balaban J connectivity index is 1.55. The Labute approximate surface area is 158 Å². The molecule has 9 heteroatoms. The van der Waals surface area contributed by atoms with Crippen LogP contribution < -0.4 is 0 Å². The summed E-state index contributed by atoms with van der Waals surface area (Å²) in [4.78, 5) is 44.2. The highest BCUT2D eigenvalue weighted by Gasteiger charge is 2.47. The summed E-state index contributed by atoms with van der Waals surface area (Å²) in [6.07, 6.45) is 0. The number of urea groups is 1. The van der Waals surface area contributed by atoms with Gasteiger partial charge in [0, 0.05) is 0 Å². The number of carbonyl (C=O) groups excluding carboxylic acids is 3. The molecule has 0 radical (unpaired) electrons. The van der Waals surface area contributed by atoms with Gasteiger partial charge in [0.15, 0.2) is 0 Å². The van der Waals surface area contributed by atoms with Crippen LogP contribution >= 0.6 is 11.3 Å². The van der Waals surface area contributed by atoms with Crippen molar-refractivity contribution in [1.29, 1.82) is 0 Å². The van der Waals surface area contributed by atoms with Crippen LogP contribution in [0, 0.1) is 0 Å². The second-order valence-electron chi connectivity index (χ2n) is 5.92. The zero-order valence-electron chi connectivity index (χ0n) is 14.2. The molecule has 0 aliphatic carbocycles. The van der Waals surface area contributed by atoms with E-state index in [4.69, 9.17) is 4.52 Å². The molecular formula is C18H14N4O4S. The molecule has 1 aliphatic rings. The summed E-state index contributed by atoms with van der Waals surface area (Å²) in [6.45, 7) is 1.45. The summed E-state index contributed by atoms with van der Waals surface area (Å²) < 4.78 is 5.13. The van der Waals surface area contributed by atoms with Gasteiger partial charge in [-0.1, -0.05) is 41.6 Å². The third-order valence-electron chi connectivity index (χ3n) is 4.26. The summed E-state index contributed by atoms with van der Waals surface area (Å²) in [7, 11) is 0. The number of hydrogen-bond donors (Lipinski definition) is 0. The molecule has 1 aromatic carbocycles. The van der Waals surface area contributed by atoms with Gasteiger partial charge in [-0.15, -0.1) is 11.3 Å². The summed E-state index contributed by atoms with van der Waals surface area (Å²) in [5, 5.41) is 5.72. The highest BCUT2D eigenvalue weighted by Crippen LogP contribution is 2.27. The van der Waals surface area contributed by atoms with E-state index in [1.807, 2.05) is 23.6 Å². The van der Waals surface area contributed by atoms with Crippen LogP contribution in [0.4, 0.5) is 4.79 Å². The maximum Gasteiger partial charge on any atom is 0.335 e. The molecule has 3 aromatic rings. The summed E-state index contributed by atoms with van der Waals surface area (Å²) in [5.74, 6) is -1.31. The fraction of sp³-hybridized carbons (Fsp3) is 0.167. The predicted molar refractivity (Wildman–Crippen MR) is 95.3 cm³/mol. The molecule has 0 bridgehead atoms. The molecule has 1 aliphatic heterocycles. The molecule has 1 unspecified atom stereocenters. The van der Waals surface area contributed by atoms with Crippen LogP contribution in [0.1, 0.15) is 24.4 Å². The molecule has 1 atom stereocenters. The quantitative estimate of drug-likeness (QED) is 0.497. The van der Waals surface area contributed by atoms with Gasteiger partial charge in [-0.3, -0.25) is 9.59 Å². The lowest BCUT2D eigenvalue weighted by molar-refractivity contribution is -0.144. The maximum absolute atomic E-state index is 12.7. The average Bonchev–Trinajstić information content (AvgIpc) is 3.40. The van der Waals surface area contributed by atoms with Gasteiger partial charge in [-0.05, 0) is 23.9 Å². The van der Waals surface area contributed by atoms with Crippen LogP contribution in [0.3, 0.4) is 0 Å². The number of nitrogens with zero attached hydrogens (tertiary/aromatic N) is 4. The van der Waals surface area contributed by atoms with Crippen molar-refractivity contribution < 1.29 is 18.9 Å². The Hall–Kier alpha value is -3.33. The SMILES string of the molecule is CC(c1ccccc1)N1C(=O)C(=O)N(Cc2nc(-c3cccs3)no2)C1=O. The van der Waals surface area contributed by atoms with E-state index in [2.05, 4.69) is 10.1 Å². The number of benzene rings is 1. The Morgan fingerprint density at radius 1 is 1.07 bits per heavy atom. The molecule has 8 nitrogen and oxygen atoms in total. The van der Waals surface area contributed by atoms with Crippen LogP contribution in [0.15, 0.2) is 52.4 Å².